The SMILES string of the molecule is CCc1ccc(OCC(=O)OCC(=O)Nc2ccc(Cl)cc2F)cc1. The van der Waals surface area contributed by atoms with Crippen molar-refractivity contribution in [3.05, 3.63) is 58.9 Å². The van der Waals surface area contributed by atoms with Crippen molar-refractivity contribution in [2.24, 2.45) is 0 Å². The summed E-state index contributed by atoms with van der Waals surface area (Å²) in [6.07, 6.45) is 0.908. The van der Waals surface area contributed by atoms with Crippen LogP contribution in [0.15, 0.2) is 42.5 Å². The molecule has 7 heteroatoms. The van der Waals surface area contributed by atoms with E-state index in [1.54, 1.807) is 12.1 Å². The summed E-state index contributed by atoms with van der Waals surface area (Å²) in [5.74, 6) is -1.51. The molecule has 1 N–H and O–H groups in total. The Hall–Kier alpha value is -2.60. The highest BCUT2D eigenvalue weighted by atomic mass is 35.5. The zero-order chi connectivity index (χ0) is 18.2. The second kappa shape index (κ2) is 9.03. The van der Waals surface area contributed by atoms with Gasteiger partial charge in [-0.25, -0.2) is 9.18 Å². The highest BCUT2D eigenvalue weighted by Gasteiger charge is 2.11. The Bertz CT molecular complexity index is 749. The molecule has 5 nitrogen and oxygen atoms in total. The van der Waals surface area contributed by atoms with Gasteiger partial charge in [0.1, 0.15) is 11.6 Å². The second-order valence-corrected chi connectivity index (χ2v) is 5.56. The lowest BCUT2D eigenvalue weighted by Gasteiger charge is -2.09. The number of amides is 1. The molecule has 2 rings (SSSR count). The molecule has 25 heavy (non-hydrogen) atoms. The molecule has 0 atom stereocenters. The van der Waals surface area contributed by atoms with Crippen LogP contribution in [0.2, 0.25) is 5.02 Å². The molecule has 0 aliphatic heterocycles. The van der Waals surface area contributed by atoms with Crippen LogP contribution in [0, 0.1) is 5.82 Å². The molecule has 2 aromatic rings. The maximum Gasteiger partial charge on any atom is 0.344 e. The number of carbonyl (C=O) groups excluding carboxylic acids is 2. The van der Waals surface area contributed by atoms with Crippen molar-refractivity contribution in [3.63, 3.8) is 0 Å². The standard InChI is InChI=1S/C18H17ClFNO4/c1-2-12-3-6-14(7-4-12)24-11-18(23)25-10-17(22)21-16-8-5-13(19)9-15(16)20/h3-9H,2,10-11H2,1H3,(H,21,22). The van der Waals surface area contributed by atoms with Crippen molar-refractivity contribution in [1.29, 1.82) is 0 Å². The summed E-state index contributed by atoms with van der Waals surface area (Å²) in [7, 11) is 0. The highest BCUT2D eigenvalue weighted by molar-refractivity contribution is 6.30. The van der Waals surface area contributed by atoms with Gasteiger partial charge in [-0.1, -0.05) is 30.7 Å². The Morgan fingerprint density at radius 3 is 2.48 bits per heavy atom. The zero-order valence-electron chi connectivity index (χ0n) is 13.6. The molecular weight excluding hydrogens is 349 g/mol. The predicted molar refractivity (Wildman–Crippen MR) is 92.3 cm³/mol. The van der Waals surface area contributed by atoms with Gasteiger partial charge in [0.05, 0.1) is 5.69 Å². The Morgan fingerprint density at radius 1 is 1.12 bits per heavy atom. The van der Waals surface area contributed by atoms with Gasteiger partial charge in [-0.2, -0.15) is 0 Å². The summed E-state index contributed by atoms with van der Waals surface area (Å²) in [6, 6.07) is 11.1. The highest BCUT2D eigenvalue weighted by Crippen LogP contribution is 2.18. The lowest BCUT2D eigenvalue weighted by molar-refractivity contribution is -0.149. The van der Waals surface area contributed by atoms with Crippen LogP contribution >= 0.6 is 11.6 Å². The van der Waals surface area contributed by atoms with E-state index in [0.29, 0.717) is 5.75 Å². The fraction of sp³-hybridized carbons (Fsp3) is 0.222. The van der Waals surface area contributed by atoms with Crippen LogP contribution < -0.4 is 10.1 Å². The van der Waals surface area contributed by atoms with Crippen molar-refractivity contribution < 1.29 is 23.5 Å². The number of halogens is 2. The molecule has 132 valence electrons. The zero-order valence-corrected chi connectivity index (χ0v) is 14.3. The molecular formula is C18H17ClFNO4. The number of carbonyl (C=O) groups is 2. The molecule has 0 aromatic heterocycles. The number of nitrogens with one attached hydrogen (secondary N) is 1. The number of aryl methyl sites for hydroxylation is 1. The fourth-order valence-electron chi connectivity index (χ4n) is 1.93. The van der Waals surface area contributed by atoms with E-state index in [-0.39, 0.29) is 17.3 Å². The Morgan fingerprint density at radius 2 is 1.84 bits per heavy atom. The van der Waals surface area contributed by atoms with Gasteiger partial charge in [0.2, 0.25) is 0 Å². The van der Waals surface area contributed by atoms with Crippen molar-refractivity contribution >= 4 is 29.2 Å². The Labute approximate surface area is 149 Å². The van der Waals surface area contributed by atoms with Gasteiger partial charge in [-0.3, -0.25) is 4.79 Å². The van der Waals surface area contributed by atoms with Gasteiger partial charge in [-0.15, -0.1) is 0 Å². The first-order valence-electron chi connectivity index (χ1n) is 7.60. The lowest BCUT2D eigenvalue weighted by atomic mass is 10.2. The third-order valence-corrected chi connectivity index (χ3v) is 3.49. The molecule has 0 spiro atoms. The maximum atomic E-state index is 13.5. The van der Waals surface area contributed by atoms with Crippen LogP contribution in [0.25, 0.3) is 0 Å². The minimum atomic E-state index is -0.703. The average molecular weight is 366 g/mol. The van der Waals surface area contributed by atoms with Gasteiger partial charge < -0.3 is 14.8 Å². The largest absolute Gasteiger partial charge is 0.482 e. The van der Waals surface area contributed by atoms with Crippen LogP contribution in [0.5, 0.6) is 5.75 Å². The van der Waals surface area contributed by atoms with E-state index in [2.05, 4.69) is 5.32 Å². The smallest absolute Gasteiger partial charge is 0.344 e. The number of anilines is 1. The maximum absolute atomic E-state index is 13.5. The third kappa shape index (κ3) is 6.08. The monoisotopic (exact) mass is 365 g/mol. The Balaban J connectivity index is 1.74. The summed E-state index contributed by atoms with van der Waals surface area (Å²) in [5, 5.41) is 2.50. The molecule has 0 bridgehead atoms. The molecule has 2 aromatic carbocycles. The minimum absolute atomic E-state index is 0.0438. The molecule has 0 aliphatic carbocycles. The van der Waals surface area contributed by atoms with Gasteiger partial charge in [0.15, 0.2) is 13.2 Å². The van der Waals surface area contributed by atoms with Crippen molar-refractivity contribution in [2.75, 3.05) is 18.5 Å². The van der Waals surface area contributed by atoms with Crippen LogP contribution in [0.1, 0.15) is 12.5 Å². The topological polar surface area (TPSA) is 64.6 Å². The number of hydrogen-bond acceptors (Lipinski definition) is 4. The molecule has 0 unspecified atom stereocenters. The summed E-state index contributed by atoms with van der Waals surface area (Å²) >= 11 is 5.62. The van der Waals surface area contributed by atoms with Crippen molar-refractivity contribution in [3.8, 4) is 5.75 Å². The minimum Gasteiger partial charge on any atom is -0.482 e. The predicted octanol–water partition coefficient (Wildman–Crippen LogP) is 3.60. The normalized spacial score (nSPS) is 10.2. The molecule has 0 heterocycles. The van der Waals surface area contributed by atoms with Gasteiger partial charge in [0.25, 0.3) is 5.91 Å². The lowest BCUT2D eigenvalue weighted by Crippen LogP contribution is -2.24. The molecule has 0 radical (unpaired) electrons. The van der Waals surface area contributed by atoms with Gasteiger partial charge >= 0.3 is 5.97 Å². The first-order chi connectivity index (χ1) is 12.0. The number of esters is 1. The van der Waals surface area contributed by atoms with E-state index in [1.165, 1.54) is 12.1 Å². The van der Waals surface area contributed by atoms with E-state index < -0.39 is 24.3 Å². The summed E-state index contributed by atoms with van der Waals surface area (Å²) in [5.41, 5.74) is 1.11. The van der Waals surface area contributed by atoms with Gasteiger partial charge in [-0.05, 0) is 42.3 Å². The van der Waals surface area contributed by atoms with Crippen molar-refractivity contribution in [1.82, 2.24) is 0 Å². The van der Waals surface area contributed by atoms with Crippen LogP contribution in [0.3, 0.4) is 0 Å². The quantitative estimate of drug-likeness (QED) is 0.761. The number of rotatable bonds is 7. The third-order valence-electron chi connectivity index (χ3n) is 3.26. The second-order valence-electron chi connectivity index (χ2n) is 5.12. The number of ether oxygens (including phenoxy) is 2. The molecule has 0 aliphatic rings. The van der Waals surface area contributed by atoms with Gasteiger partial charge in [0, 0.05) is 5.02 Å². The van der Waals surface area contributed by atoms with E-state index >= 15 is 0 Å². The first kappa shape index (κ1) is 18.7. The summed E-state index contributed by atoms with van der Waals surface area (Å²) < 4.78 is 23.6. The van der Waals surface area contributed by atoms with Crippen LogP contribution in [0.4, 0.5) is 10.1 Å². The van der Waals surface area contributed by atoms with Crippen LogP contribution in [-0.2, 0) is 20.7 Å². The number of hydrogen-bond donors (Lipinski definition) is 1. The first-order valence-corrected chi connectivity index (χ1v) is 7.98. The van der Waals surface area contributed by atoms with E-state index in [1.807, 2.05) is 19.1 Å². The molecule has 0 saturated heterocycles. The van der Waals surface area contributed by atoms with Crippen molar-refractivity contribution in [2.45, 2.75) is 13.3 Å². The van der Waals surface area contributed by atoms with Crippen LogP contribution in [-0.4, -0.2) is 25.1 Å². The number of benzene rings is 2. The van der Waals surface area contributed by atoms with E-state index in [9.17, 15) is 14.0 Å². The molecule has 0 fully saturated rings. The molecule has 1 amide bonds. The van der Waals surface area contributed by atoms with E-state index in [4.69, 9.17) is 21.1 Å². The Kier molecular flexibility index (Phi) is 6.77. The average Bonchev–Trinajstić information content (AvgIpc) is 2.61. The molecule has 0 saturated carbocycles. The summed E-state index contributed by atoms with van der Waals surface area (Å²) in [6.45, 7) is 1.17. The summed E-state index contributed by atoms with van der Waals surface area (Å²) in [4.78, 5) is 23.3. The van der Waals surface area contributed by atoms with E-state index in [0.717, 1.165) is 18.1 Å². The fourth-order valence-corrected chi connectivity index (χ4v) is 2.09.